The zero-order valence-electron chi connectivity index (χ0n) is 13.6. The van der Waals surface area contributed by atoms with E-state index >= 15 is 0 Å². The van der Waals surface area contributed by atoms with Gasteiger partial charge >= 0.3 is 0 Å². The van der Waals surface area contributed by atoms with Gasteiger partial charge in [-0.05, 0) is 31.5 Å². The highest BCUT2D eigenvalue weighted by Gasteiger charge is 2.28. The molecular formula is C17H25N3O2S. The molecule has 6 heteroatoms. The molecule has 1 aliphatic heterocycles. The second-order valence-corrected chi connectivity index (χ2v) is 7.13. The number of benzene rings is 1. The molecule has 0 spiro atoms. The number of rotatable bonds is 7. The summed E-state index contributed by atoms with van der Waals surface area (Å²) in [6, 6.07) is 10.2. The molecule has 1 aliphatic rings. The number of carbonyl (C=O) groups excluding carboxylic acids is 2. The number of hydrogen-bond donors (Lipinski definition) is 1. The van der Waals surface area contributed by atoms with Crippen molar-refractivity contribution in [3.8, 4) is 0 Å². The van der Waals surface area contributed by atoms with E-state index in [1.807, 2.05) is 35.0 Å². The second-order valence-electron chi connectivity index (χ2n) is 5.96. The molecule has 2 amide bonds. The van der Waals surface area contributed by atoms with Crippen LogP contribution in [0.4, 0.5) is 0 Å². The van der Waals surface area contributed by atoms with E-state index in [4.69, 9.17) is 5.73 Å². The number of nitrogens with zero attached hydrogens (tertiary/aromatic N) is 2. The molecule has 0 saturated carbocycles. The van der Waals surface area contributed by atoms with Crippen LogP contribution in [0, 0.1) is 5.92 Å². The smallest absolute Gasteiger partial charge is 0.231 e. The maximum atomic E-state index is 12.5. The van der Waals surface area contributed by atoms with Crippen molar-refractivity contribution >= 4 is 23.6 Å². The quantitative estimate of drug-likeness (QED) is 0.766. The van der Waals surface area contributed by atoms with E-state index in [1.54, 1.807) is 11.8 Å². The van der Waals surface area contributed by atoms with E-state index in [0.29, 0.717) is 6.54 Å². The van der Waals surface area contributed by atoms with Crippen LogP contribution < -0.4 is 5.73 Å². The average Bonchev–Trinajstić information content (AvgIpc) is 2.54. The monoisotopic (exact) mass is 335 g/mol. The predicted molar refractivity (Wildman–Crippen MR) is 93.2 cm³/mol. The van der Waals surface area contributed by atoms with Crippen molar-refractivity contribution < 1.29 is 9.59 Å². The molecule has 1 aromatic carbocycles. The molecule has 2 N–H and O–H groups in total. The van der Waals surface area contributed by atoms with Gasteiger partial charge in [0.1, 0.15) is 0 Å². The number of nitrogens with two attached hydrogens (primary N) is 1. The van der Waals surface area contributed by atoms with Crippen LogP contribution in [-0.4, -0.2) is 60.6 Å². The number of primary amides is 1. The Labute approximate surface area is 142 Å². The standard InChI is InChI=1S/C17H25N3O2S/c1-19(10-11-23-15-7-3-2-4-8-15)17(22)14-6-5-9-20(12-14)13-16(18)21/h2-4,7-8,14H,5-6,9-13H2,1H3,(H2,18,21). The van der Waals surface area contributed by atoms with Gasteiger partial charge in [-0.3, -0.25) is 14.5 Å². The summed E-state index contributed by atoms with van der Waals surface area (Å²) in [5, 5.41) is 0. The van der Waals surface area contributed by atoms with Crippen LogP contribution >= 0.6 is 11.8 Å². The summed E-state index contributed by atoms with van der Waals surface area (Å²) in [7, 11) is 1.86. The first kappa shape index (κ1) is 17.8. The van der Waals surface area contributed by atoms with Gasteiger partial charge in [-0.2, -0.15) is 0 Å². The Morgan fingerprint density at radius 3 is 2.78 bits per heavy atom. The van der Waals surface area contributed by atoms with E-state index in [0.717, 1.165) is 31.7 Å². The first-order valence-electron chi connectivity index (χ1n) is 7.99. The van der Waals surface area contributed by atoms with Crippen LogP contribution in [0.5, 0.6) is 0 Å². The third-order valence-corrected chi connectivity index (χ3v) is 5.04. The number of carbonyl (C=O) groups is 2. The Morgan fingerprint density at radius 1 is 1.35 bits per heavy atom. The molecule has 126 valence electrons. The summed E-state index contributed by atoms with van der Waals surface area (Å²) < 4.78 is 0. The van der Waals surface area contributed by atoms with Gasteiger partial charge < -0.3 is 10.6 Å². The first-order chi connectivity index (χ1) is 11.1. The van der Waals surface area contributed by atoms with Gasteiger partial charge in [0, 0.05) is 30.8 Å². The van der Waals surface area contributed by atoms with E-state index in [-0.39, 0.29) is 24.3 Å². The molecule has 5 nitrogen and oxygen atoms in total. The lowest BCUT2D eigenvalue weighted by Gasteiger charge is -2.33. The van der Waals surface area contributed by atoms with E-state index in [9.17, 15) is 9.59 Å². The Bertz CT molecular complexity index is 524. The van der Waals surface area contributed by atoms with Crippen LogP contribution in [0.15, 0.2) is 35.2 Å². The van der Waals surface area contributed by atoms with Crippen LogP contribution in [0.1, 0.15) is 12.8 Å². The molecule has 1 saturated heterocycles. The van der Waals surface area contributed by atoms with Crippen molar-refractivity contribution in [3.05, 3.63) is 30.3 Å². The molecule has 1 fully saturated rings. The Morgan fingerprint density at radius 2 is 2.09 bits per heavy atom. The maximum absolute atomic E-state index is 12.5. The van der Waals surface area contributed by atoms with Crippen LogP contribution in [0.3, 0.4) is 0 Å². The number of hydrogen-bond acceptors (Lipinski definition) is 4. The van der Waals surface area contributed by atoms with Crippen LogP contribution in [0.2, 0.25) is 0 Å². The van der Waals surface area contributed by atoms with E-state index < -0.39 is 0 Å². The Hall–Kier alpha value is -1.53. The zero-order valence-corrected chi connectivity index (χ0v) is 14.4. The highest BCUT2D eigenvalue weighted by atomic mass is 32.2. The molecule has 1 aromatic rings. The molecule has 23 heavy (non-hydrogen) atoms. The first-order valence-corrected chi connectivity index (χ1v) is 8.98. The summed E-state index contributed by atoms with van der Waals surface area (Å²) in [6.45, 7) is 2.46. The lowest BCUT2D eigenvalue weighted by atomic mass is 9.96. The maximum Gasteiger partial charge on any atom is 0.231 e. The molecule has 0 radical (unpaired) electrons. The molecule has 1 unspecified atom stereocenters. The zero-order chi connectivity index (χ0) is 16.7. The van der Waals surface area contributed by atoms with Gasteiger partial charge in [-0.15, -0.1) is 11.8 Å². The van der Waals surface area contributed by atoms with Crippen molar-refractivity contribution in [3.63, 3.8) is 0 Å². The van der Waals surface area contributed by atoms with Gasteiger partial charge in [-0.1, -0.05) is 18.2 Å². The summed E-state index contributed by atoms with van der Waals surface area (Å²) in [5.74, 6) is 0.706. The van der Waals surface area contributed by atoms with E-state index in [2.05, 4.69) is 12.1 Å². The van der Waals surface area contributed by atoms with Gasteiger partial charge in [0.2, 0.25) is 11.8 Å². The average molecular weight is 335 g/mol. The van der Waals surface area contributed by atoms with Crippen molar-refractivity contribution in [1.29, 1.82) is 0 Å². The predicted octanol–water partition coefficient (Wildman–Crippen LogP) is 1.43. The lowest BCUT2D eigenvalue weighted by molar-refractivity contribution is -0.136. The SMILES string of the molecule is CN(CCSc1ccccc1)C(=O)C1CCCN(CC(N)=O)C1. The fourth-order valence-electron chi connectivity index (χ4n) is 2.86. The molecule has 0 aromatic heterocycles. The molecule has 2 rings (SSSR count). The fraction of sp³-hybridized carbons (Fsp3) is 0.529. The molecular weight excluding hydrogens is 310 g/mol. The highest BCUT2D eigenvalue weighted by Crippen LogP contribution is 2.20. The van der Waals surface area contributed by atoms with Gasteiger partial charge in [0.25, 0.3) is 0 Å². The highest BCUT2D eigenvalue weighted by molar-refractivity contribution is 7.99. The van der Waals surface area contributed by atoms with E-state index in [1.165, 1.54) is 4.90 Å². The molecule has 0 aliphatic carbocycles. The van der Waals surface area contributed by atoms with Crippen molar-refractivity contribution in [1.82, 2.24) is 9.80 Å². The van der Waals surface area contributed by atoms with Crippen molar-refractivity contribution in [2.24, 2.45) is 11.7 Å². The topological polar surface area (TPSA) is 66.6 Å². The normalized spacial score (nSPS) is 18.6. The minimum Gasteiger partial charge on any atom is -0.369 e. The fourth-order valence-corrected chi connectivity index (χ4v) is 3.81. The number of thioether (sulfide) groups is 1. The molecule has 1 atom stereocenters. The van der Waals surface area contributed by atoms with Gasteiger partial charge in [-0.25, -0.2) is 0 Å². The summed E-state index contributed by atoms with van der Waals surface area (Å²) >= 11 is 1.76. The van der Waals surface area contributed by atoms with Crippen LogP contribution in [0.25, 0.3) is 0 Å². The molecule has 0 bridgehead atoms. The summed E-state index contributed by atoms with van der Waals surface area (Å²) in [5.41, 5.74) is 5.25. The Kier molecular flexibility index (Phi) is 6.92. The second kappa shape index (κ2) is 8.93. The largest absolute Gasteiger partial charge is 0.369 e. The number of piperidine rings is 1. The van der Waals surface area contributed by atoms with Gasteiger partial charge in [0.05, 0.1) is 12.5 Å². The lowest BCUT2D eigenvalue weighted by Crippen LogP contribution is -2.46. The minimum atomic E-state index is -0.328. The molecule has 1 heterocycles. The van der Waals surface area contributed by atoms with Crippen molar-refractivity contribution in [2.75, 3.05) is 39.0 Å². The Balaban J connectivity index is 1.76. The minimum absolute atomic E-state index is 0.0187. The van der Waals surface area contributed by atoms with Crippen molar-refractivity contribution in [2.45, 2.75) is 17.7 Å². The third kappa shape index (κ3) is 5.88. The summed E-state index contributed by atoms with van der Waals surface area (Å²) in [4.78, 5) is 28.6. The third-order valence-electron chi connectivity index (χ3n) is 4.05. The van der Waals surface area contributed by atoms with Crippen LogP contribution in [-0.2, 0) is 9.59 Å². The number of amides is 2. The summed E-state index contributed by atoms with van der Waals surface area (Å²) in [6.07, 6.45) is 1.83. The number of likely N-dealkylation sites (tertiary alicyclic amines) is 1. The van der Waals surface area contributed by atoms with Gasteiger partial charge in [0.15, 0.2) is 0 Å².